The fourth-order valence-electron chi connectivity index (χ4n) is 1.51. The zero-order chi connectivity index (χ0) is 14.6. The Balaban J connectivity index is 2.51. The van der Waals surface area contributed by atoms with Crippen LogP contribution in [0.3, 0.4) is 0 Å². The number of hydrogen-bond donors (Lipinski definition) is 2. The highest BCUT2D eigenvalue weighted by Crippen LogP contribution is 2.19. The minimum Gasteiger partial charge on any atom is -0.311 e. The van der Waals surface area contributed by atoms with Crippen LogP contribution in [0.2, 0.25) is 5.02 Å². The van der Waals surface area contributed by atoms with Gasteiger partial charge in [0.15, 0.2) is 0 Å². The van der Waals surface area contributed by atoms with Crippen LogP contribution in [-0.4, -0.2) is 18.1 Å². The van der Waals surface area contributed by atoms with E-state index >= 15 is 0 Å². The van der Waals surface area contributed by atoms with E-state index in [2.05, 4.69) is 31.4 Å². The van der Waals surface area contributed by atoms with Crippen molar-refractivity contribution < 1.29 is 8.78 Å². The SMILES string of the molecule is CC(CNC(C)(C)C)NCc1cc(F)c(Cl)cc1F. The minimum atomic E-state index is -0.597. The van der Waals surface area contributed by atoms with Crippen molar-refractivity contribution >= 4 is 11.6 Å². The lowest BCUT2D eigenvalue weighted by Gasteiger charge is -2.24. The van der Waals surface area contributed by atoms with E-state index in [1.54, 1.807) is 0 Å². The summed E-state index contributed by atoms with van der Waals surface area (Å²) >= 11 is 5.50. The second kappa shape index (κ2) is 6.64. The van der Waals surface area contributed by atoms with Gasteiger partial charge in [-0.15, -0.1) is 0 Å². The fourth-order valence-corrected chi connectivity index (χ4v) is 1.67. The first-order chi connectivity index (χ1) is 8.69. The van der Waals surface area contributed by atoms with Crippen LogP contribution in [0.1, 0.15) is 33.3 Å². The summed E-state index contributed by atoms with van der Waals surface area (Å²) in [6.45, 7) is 9.24. The van der Waals surface area contributed by atoms with Crippen molar-refractivity contribution in [3.05, 3.63) is 34.4 Å². The van der Waals surface area contributed by atoms with Crippen molar-refractivity contribution in [2.24, 2.45) is 0 Å². The van der Waals surface area contributed by atoms with Gasteiger partial charge in [0, 0.05) is 30.2 Å². The van der Waals surface area contributed by atoms with Crippen LogP contribution < -0.4 is 10.6 Å². The van der Waals surface area contributed by atoms with Gasteiger partial charge in [-0.2, -0.15) is 0 Å². The minimum absolute atomic E-state index is 0.0353. The third-order valence-electron chi connectivity index (χ3n) is 2.67. The summed E-state index contributed by atoms with van der Waals surface area (Å²) in [6, 6.07) is 2.29. The Hall–Kier alpha value is -0.710. The third kappa shape index (κ3) is 5.85. The maximum absolute atomic E-state index is 13.5. The Kier molecular flexibility index (Phi) is 5.71. The Labute approximate surface area is 118 Å². The molecule has 0 aromatic heterocycles. The topological polar surface area (TPSA) is 24.1 Å². The van der Waals surface area contributed by atoms with E-state index in [9.17, 15) is 8.78 Å². The monoisotopic (exact) mass is 290 g/mol. The number of rotatable bonds is 5. The summed E-state index contributed by atoms with van der Waals surface area (Å²) < 4.78 is 26.8. The predicted octanol–water partition coefficient (Wildman–Crippen LogP) is 3.48. The molecular formula is C14H21ClF2N2. The van der Waals surface area contributed by atoms with Gasteiger partial charge in [0.25, 0.3) is 0 Å². The maximum atomic E-state index is 13.5. The lowest BCUT2D eigenvalue weighted by atomic mass is 10.1. The van der Waals surface area contributed by atoms with Gasteiger partial charge in [-0.1, -0.05) is 11.6 Å². The van der Waals surface area contributed by atoms with Crippen molar-refractivity contribution in [1.82, 2.24) is 10.6 Å². The molecule has 108 valence electrons. The van der Waals surface area contributed by atoms with E-state index in [1.807, 2.05) is 6.92 Å². The van der Waals surface area contributed by atoms with Gasteiger partial charge in [0.05, 0.1) is 5.02 Å². The second-order valence-electron chi connectivity index (χ2n) is 5.77. The Morgan fingerprint density at radius 2 is 1.84 bits per heavy atom. The summed E-state index contributed by atoms with van der Waals surface area (Å²) in [7, 11) is 0. The highest BCUT2D eigenvalue weighted by atomic mass is 35.5. The van der Waals surface area contributed by atoms with E-state index in [0.29, 0.717) is 0 Å². The van der Waals surface area contributed by atoms with Gasteiger partial charge in [-0.25, -0.2) is 8.78 Å². The van der Waals surface area contributed by atoms with Crippen LogP contribution in [-0.2, 0) is 6.54 Å². The molecular weight excluding hydrogens is 270 g/mol. The summed E-state index contributed by atoms with van der Waals surface area (Å²) in [5.74, 6) is -1.09. The lowest BCUT2D eigenvalue weighted by Crippen LogP contribution is -2.44. The van der Waals surface area contributed by atoms with Gasteiger partial charge in [0.1, 0.15) is 11.6 Å². The van der Waals surface area contributed by atoms with Crippen LogP contribution in [0, 0.1) is 11.6 Å². The summed E-state index contributed by atoms with van der Waals surface area (Å²) in [5.41, 5.74) is 0.317. The molecule has 19 heavy (non-hydrogen) atoms. The van der Waals surface area contributed by atoms with Gasteiger partial charge in [-0.3, -0.25) is 0 Å². The van der Waals surface area contributed by atoms with Crippen molar-refractivity contribution in [2.75, 3.05) is 6.54 Å². The molecule has 0 fully saturated rings. The molecule has 1 aromatic carbocycles. The molecule has 2 nitrogen and oxygen atoms in total. The van der Waals surface area contributed by atoms with Crippen LogP contribution >= 0.6 is 11.6 Å². The second-order valence-corrected chi connectivity index (χ2v) is 6.18. The lowest BCUT2D eigenvalue weighted by molar-refractivity contribution is 0.386. The Morgan fingerprint density at radius 1 is 1.21 bits per heavy atom. The average Bonchev–Trinajstić information content (AvgIpc) is 2.28. The van der Waals surface area contributed by atoms with Crippen molar-refractivity contribution in [3.63, 3.8) is 0 Å². The van der Waals surface area contributed by atoms with Crippen LogP contribution in [0.4, 0.5) is 8.78 Å². The molecule has 0 heterocycles. The van der Waals surface area contributed by atoms with E-state index in [0.717, 1.165) is 18.7 Å². The average molecular weight is 291 g/mol. The normalized spacial score (nSPS) is 13.6. The fraction of sp³-hybridized carbons (Fsp3) is 0.571. The number of halogens is 3. The van der Waals surface area contributed by atoms with Gasteiger partial charge in [-0.05, 0) is 39.8 Å². The third-order valence-corrected chi connectivity index (χ3v) is 2.96. The first kappa shape index (κ1) is 16.3. The van der Waals surface area contributed by atoms with Crippen LogP contribution in [0.5, 0.6) is 0 Å². The van der Waals surface area contributed by atoms with E-state index in [-0.39, 0.29) is 28.7 Å². The summed E-state index contributed by atoms with van der Waals surface area (Å²) in [6.07, 6.45) is 0. The smallest absolute Gasteiger partial charge is 0.142 e. The Morgan fingerprint density at radius 3 is 2.42 bits per heavy atom. The predicted molar refractivity (Wildman–Crippen MR) is 75.4 cm³/mol. The van der Waals surface area contributed by atoms with Gasteiger partial charge < -0.3 is 10.6 Å². The Bertz CT molecular complexity index is 430. The molecule has 2 N–H and O–H groups in total. The van der Waals surface area contributed by atoms with Crippen LogP contribution in [0.15, 0.2) is 12.1 Å². The zero-order valence-corrected chi connectivity index (χ0v) is 12.5. The van der Waals surface area contributed by atoms with Gasteiger partial charge in [0.2, 0.25) is 0 Å². The quantitative estimate of drug-likeness (QED) is 0.811. The largest absolute Gasteiger partial charge is 0.311 e. The first-order valence-electron chi connectivity index (χ1n) is 6.31. The molecule has 0 spiro atoms. The molecule has 1 atom stereocenters. The molecule has 0 aliphatic carbocycles. The molecule has 0 aliphatic heterocycles. The highest BCUT2D eigenvalue weighted by molar-refractivity contribution is 6.30. The summed E-state index contributed by atoms with van der Waals surface area (Å²) in [5, 5.41) is 6.30. The van der Waals surface area contributed by atoms with Crippen molar-refractivity contribution in [3.8, 4) is 0 Å². The van der Waals surface area contributed by atoms with Gasteiger partial charge >= 0.3 is 0 Å². The van der Waals surface area contributed by atoms with E-state index in [1.165, 1.54) is 0 Å². The molecule has 0 radical (unpaired) electrons. The molecule has 0 saturated carbocycles. The van der Waals surface area contributed by atoms with E-state index < -0.39 is 11.6 Å². The zero-order valence-electron chi connectivity index (χ0n) is 11.8. The highest BCUT2D eigenvalue weighted by Gasteiger charge is 2.12. The molecule has 1 aromatic rings. The number of hydrogen-bond acceptors (Lipinski definition) is 2. The van der Waals surface area contributed by atoms with Crippen molar-refractivity contribution in [2.45, 2.75) is 45.8 Å². The molecule has 1 unspecified atom stereocenters. The van der Waals surface area contributed by atoms with Crippen LogP contribution in [0.25, 0.3) is 0 Å². The molecule has 5 heteroatoms. The summed E-state index contributed by atoms with van der Waals surface area (Å²) in [4.78, 5) is 0. The van der Waals surface area contributed by atoms with Crippen molar-refractivity contribution in [1.29, 1.82) is 0 Å². The molecule has 0 aliphatic rings. The first-order valence-corrected chi connectivity index (χ1v) is 6.68. The number of benzene rings is 1. The molecule has 0 bridgehead atoms. The number of nitrogens with one attached hydrogen (secondary N) is 2. The molecule has 0 saturated heterocycles. The van der Waals surface area contributed by atoms with E-state index in [4.69, 9.17) is 11.6 Å². The molecule has 1 rings (SSSR count). The molecule has 0 amide bonds. The standard InChI is InChI=1S/C14H21ClF2N2/c1-9(7-19-14(2,3)4)18-8-10-5-13(17)11(15)6-12(10)16/h5-6,9,18-19H,7-8H2,1-4H3. The maximum Gasteiger partial charge on any atom is 0.142 e.